The van der Waals surface area contributed by atoms with Gasteiger partial charge in [0.15, 0.2) is 0 Å². The van der Waals surface area contributed by atoms with Crippen molar-refractivity contribution in [3.8, 4) is 5.75 Å². The van der Waals surface area contributed by atoms with Crippen LogP contribution >= 0.6 is 0 Å². The molecule has 0 aliphatic carbocycles. The first kappa shape index (κ1) is 18.0. The highest BCUT2D eigenvalue weighted by Gasteiger charge is 2.60. The van der Waals surface area contributed by atoms with Gasteiger partial charge in [0.2, 0.25) is 11.6 Å². The molecule has 2 aliphatic heterocycles. The van der Waals surface area contributed by atoms with Gasteiger partial charge in [0.05, 0.1) is 11.3 Å². The number of likely N-dealkylation sites (N-methyl/N-ethyl adjacent to an activating group) is 1. The van der Waals surface area contributed by atoms with Gasteiger partial charge in [-0.15, -0.1) is 0 Å². The maximum absolute atomic E-state index is 13.1. The molecular weight excluding hydrogens is 360 g/mol. The average molecular weight is 380 g/mol. The second kappa shape index (κ2) is 6.99. The third kappa shape index (κ3) is 2.70. The Labute approximate surface area is 162 Å². The smallest absolute Gasteiger partial charge is 0.353 e. The van der Waals surface area contributed by atoms with Crippen LogP contribution in [0.25, 0.3) is 0 Å². The lowest BCUT2D eigenvalue weighted by Crippen LogP contribution is -2.67. The van der Waals surface area contributed by atoms with E-state index in [1.165, 1.54) is 16.8 Å². The number of ether oxygens (including phenoxy) is 2. The molecule has 1 saturated heterocycles. The Bertz CT molecular complexity index is 929. The molecule has 4 rings (SSSR count). The Morgan fingerprint density at radius 2 is 1.75 bits per heavy atom. The third-order valence-electron chi connectivity index (χ3n) is 5.20. The molecule has 0 aromatic heterocycles. The lowest BCUT2D eigenvalue weighted by molar-refractivity contribution is -0.157. The van der Waals surface area contributed by atoms with E-state index in [1.54, 1.807) is 24.3 Å². The van der Waals surface area contributed by atoms with Crippen LogP contribution in [0.15, 0.2) is 54.6 Å². The van der Waals surface area contributed by atoms with Gasteiger partial charge in [0, 0.05) is 19.9 Å². The van der Waals surface area contributed by atoms with Gasteiger partial charge in [0.1, 0.15) is 19.0 Å². The summed E-state index contributed by atoms with van der Waals surface area (Å²) < 4.78 is 11.0. The zero-order valence-corrected chi connectivity index (χ0v) is 15.5. The van der Waals surface area contributed by atoms with E-state index in [0.29, 0.717) is 17.0 Å². The van der Waals surface area contributed by atoms with Crippen molar-refractivity contribution in [2.45, 2.75) is 18.5 Å². The molecule has 1 atom stereocenters. The van der Waals surface area contributed by atoms with Gasteiger partial charge >= 0.3 is 5.97 Å². The van der Waals surface area contributed by atoms with Gasteiger partial charge in [-0.05, 0) is 24.3 Å². The highest BCUT2D eigenvalue weighted by molar-refractivity contribution is 6.15. The second-order valence-corrected chi connectivity index (χ2v) is 6.72. The van der Waals surface area contributed by atoms with Crippen molar-refractivity contribution in [3.63, 3.8) is 0 Å². The number of fused-ring (bicyclic) bond motifs is 3. The molecule has 7 nitrogen and oxygen atoms in total. The fourth-order valence-electron chi connectivity index (χ4n) is 3.82. The zero-order chi connectivity index (χ0) is 19.7. The minimum absolute atomic E-state index is 0.0151. The number of esters is 1. The molecule has 2 aliphatic rings. The minimum atomic E-state index is -1.45. The largest absolute Gasteiger partial charge is 0.490 e. The summed E-state index contributed by atoms with van der Waals surface area (Å²) in [5.41, 5.74) is -0.600. The highest BCUT2D eigenvalue weighted by Crippen LogP contribution is 2.44. The fraction of sp³-hybridized carbons (Fsp3) is 0.286. The Balaban J connectivity index is 1.54. The summed E-state index contributed by atoms with van der Waals surface area (Å²) >= 11 is 0. The molecule has 28 heavy (non-hydrogen) atoms. The van der Waals surface area contributed by atoms with E-state index in [-0.39, 0.29) is 37.9 Å². The number of rotatable bonds is 5. The molecule has 0 spiro atoms. The van der Waals surface area contributed by atoms with Crippen LogP contribution in [-0.4, -0.2) is 48.6 Å². The molecule has 0 saturated carbocycles. The molecule has 2 aromatic rings. The molecule has 1 fully saturated rings. The predicted molar refractivity (Wildman–Crippen MR) is 101 cm³/mol. The maximum Gasteiger partial charge on any atom is 0.353 e. The summed E-state index contributed by atoms with van der Waals surface area (Å²) in [5, 5.41) is 0. The minimum Gasteiger partial charge on any atom is -0.490 e. The Morgan fingerprint density at radius 3 is 2.54 bits per heavy atom. The van der Waals surface area contributed by atoms with Crippen LogP contribution in [0.1, 0.15) is 23.2 Å². The number of carbonyl (C=O) groups is 3. The maximum atomic E-state index is 13.1. The van der Waals surface area contributed by atoms with Crippen molar-refractivity contribution in [2.24, 2.45) is 0 Å². The monoisotopic (exact) mass is 380 g/mol. The molecule has 2 amide bonds. The molecule has 0 unspecified atom stereocenters. The molecule has 144 valence electrons. The van der Waals surface area contributed by atoms with Gasteiger partial charge in [-0.3, -0.25) is 14.5 Å². The van der Waals surface area contributed by atoms with E-state index in [2.05, 4.69) is 0 Å². The van der Waals surface area contributed by atoms with Crippen LogP contribution < -0.4 is 9.64 Å². The van der Waals surface area contributed by atoms with Crippen molar-refractivity contribution >= 4 is 23.5 Å². The van der Waals surface area contributed by atoms with E-state index in [1.807, 2.05) is 30.3 Å². The molecular formula is C21H20N2O5. The van der Waals surface area contributed by atoms with Crippen LogP contribution in [0.2, 0.25) is 0 Å². The lowest BCUT2D eigenvalue weighted by Gasteiger charge is -2.46. The number of nitrogens with zero attached hydrogens (tertiary/aromatic N) is 2. The molecule has 7 heteroatoms. The number of benzene rings is 2. The van der Waals surface area contributed by atoms with Crippen molar-refractivity contribution in [1.29, 1.82) is 0 Å². The van der Waals surface area contributed by atoms with Crippen molar-refractivity contribution in [2.75, 3.05) is 25.2 Å². The van der Waals surface area contributed by atoms with E-state index < -0.39 is 11.6 Å². The van der Waals surface area contributed by atoms with E-state index in [9.17, 15) is 14.4 Å². The summed E-state index contributed by atoms with van der Waals surface area (Å²) in [7, 11) is 1.53. The number of carbonyl (C=O) groups excluding carboxylic acids is 3. The quantitative estimate of drug-likeness (QED) is 0.587. The van der Waals surface area contributed by atoms with Crippen molar-refractivity contribution in [1.82, 2.24) is 4.90 Å². The zero-order valence-electron chi connectivity index (χ0n) is 15.5. The number of para-hydroxylation sites is 2. The first-order valence-electron chi connectivity index (χ1n) is 9.11. The Hall–Kier alpha value is -3.35. The third-order valence-corrected chi connectivity index (χ3v) is 5.20. The summed E-state index contributed by atoms with van der Waals surface area (Å²) in [6.45, 7) is 0.190. The number of anilines is 1. The molecule has 2 aromatic carbocycles. The van der Waals surface area contributed by atoms with Crippen LogP contribution in [-0.2, 0) is 14.3 Å². The van der Waals surface area contributed by atoms with Crippen LogP contribution in [0.5, 0.6) is 5.75 Å². The summed E-state index contributed by atoms with van der Waals surface area (Å²) in [6, 6.07) is 16.0. The van der Waals surface area contributed by atoms with Gasteiger partial charge < -0.3 is 14.4 Å². The Kier molecular flexibility index (Phi) is 4.50. The number of hydrogen-bond donors (Lipinski definition) is 0. The van der Waals surface area contributed by atoms with Crippen molar-refractivity contribution < 1.29 is 23.9 Å². The second-order valence-electron chi connectivity index (χ2n) is 6.72. The normalized spacial score (nSPS) is 20.6. The SMILES string of the molecule is CN1C(=O)c2ccccc2N2C(=O)CC[C@@]12C(=O)OCCOc1ccccc1. The fourth-order valence-corrected chi connectivity index (χ4v) is 3.82. The summed E-state index contributed by atoms with van der Waals surface area (Å²) in [6.07, 6.45) is 0.363. The van der Waals surface area contributed by atoms with Crippen molar-refractivity contribution in [3.05, 3.63) is 60.2 Å². The van der Waals surface area contributed by atoms with E-state index in [0.717, 1.165) is 0 Å². The van der Waals surface area contributed by atoms with Crippen LogP contribution in [0.4, 0.5) is 5.69 Å². The first-order valence-corrected chi connectivity index (χ1v) is 9.11. The average Bonchev–Trinajstić information content (AvgIpc) is 3.08. The summed E-state index contributed by atoms with van der Waals surface area (Å²) in [4.78, 5) is 41.2. The number of amides is 2. The van der Waals surface area contributed by atoms with Gasteiger partial charge in [-0.25, -0.2) is 4.79 Å². The van der Waals surface area contributed by atoms with Crippen LogP contribution in [0, 0.1) is 0 Å². The lowest BCUT2D eigenvalue weighted by atomic mass is 9.97. The molecule has 0 N–H and O–H groups in total. The van der Waals surface area contributed by atoms with Gasteiger partial charge in [-0.1, -0.05) is 30.3 Å². The highest BCUT2D eigenvalue weighted by atomic mass is 16.6. The number of hydrogen-bond acceptors (Lipinski definition) is 5. The summed E-state index contributed by atoms with van der Waals surface area (Å²) in [5.74, 6) is -0.461. The molecule has 0 radical (unpaired) electrons. The Morgan fingerprint density at radius 1 is 1.04 bits per heavy atom. The van der Waals surface area contributed by atoms with Gasteiger partial charge in [0.25, 0.3) is 5.91 Å². The topological polar surface area (TPSA) is 76.2 Å². The predicted octanol–water partition coefficient (Wildman–Crippen LogP) is 2.22. The van der Waals surface area contributed by atoms with Gasteiger partial charge in [-0.2, -0.15) is 0 Å². The van der Waals surface area contributed by atoms with Crippen LogP contribution in [0.3, 0.4) is 0 Å². The first-order chi connectivity index (χ1) is 13.6. The van der Waals surface area contributed by atoms with E-state index in [4.69, 9.17) is 9.47 Å². The van der Waals surface area contributed by atoms with E-state index >= 15 is 0 Å². The standard InChI is InChI=1S/C21H20N2O5/c1-22-19(25)16-9-5-6-10-17(16)23-18(24)11-12-21(22,23)20(26)28-14-13-27-15-7-3-2-4-8-15/h2-10H,11-14H2,1H3/t21-/m1/s1. The molecule has 2 heterocycles. The molecule has 0 bridgehead atoms.